The number of aromatic nitrogens is 1. The Morgan fingerprint density at radius 2 is 2.25 bits per heavy atom. The van der Waals surface area contributed by atoms with Crippen molar-refractivity contribution in [1.82, 2.24) is 4.98 Å². The Balaban J connectivity index is 1.99. The lowest BCUT2D eigenvalue weighted by Crippen LogP contribution is -2.12. The molecular formula is C13H18BrNO. The molecule has 1 saturated carbocycles. The van der Waals surface area contributed by atoms with Gasteiger partial charge >= 0.3 is 0 Å². The zero-order chi connectivity index (χ0) is 11.5. The highest BCUT2D eigenvalue weighted by molar-refractivity contribution is 9.10. The summed E-state index contributed by atoms with van der Waals surface area (Å²) in [4.78, 5) is 4.35. The van der Waals surface area contributed by atoms with Crippen molar-refractivity contribution >= 4 is 15.9 Å². The van der Waals surface area contributed by atoms with E-state index in [1.165, 1.54) is 25.7 Å². The van der Waals surface area contributed by atoms with Gasteiger partial charge in [-0.2, -0.15) is 0 Å². The van der Waals surface area contributed by atoms with Gasteiger partial charge in [-0.1, -0.05) is 13.3 Å². The minimum absolute atomic E-state index is 0.380. The number of hydrogen-bond acceptors (Lipinski definition) is 2. The number of nitrogens with zero attached hydrogens (tertiary/aromatic N) is 1. The lowest BCUT2D eigenvalue weighted by Gasteiger charge is -2.14. The molecule has 2 atom stereocenters. The van der Waals surface area contributed by atoms with Crippen LogP contribution in [0.1, 0.15) is 38.3 Å². The molecule has 16 heavy (non-hydrogen) atoms. The van der Waals surface area contributed by atoms with Crippen molar-refractivity contribution in [2.45, 2.75) is 45.6 Å². The van der Waals surface area contributed by atoms with Crippen LogP contribution in [0.15, 0.2) is 16.7 Å². The van der Waals surface area contributed by atoms with E-state index < -0.39 is 0 Å². The molecule has 0 aliphatic heterocycles. The van der Waals surface area contributed by atoms with E-state index in [4.69, 9.17) is 4.74 Å². The second-order valence-electron chi connectivity index (χ2n) is 4.57. The maximum atomic E-state index is 5.98. The fraction of sp³-hybridized carbons (Fsp3) is 0.615. The molecule has 0 spiro atoms. The number of pyridine rings is 1. The summed E-state index contributed by atoms with van der Waals surface area (Å²) >= 11 is 3.45. The maximum Gasteiger partial charge on any atom is 0.152 e. The van der Waals surface area contributed by atoms with Gasteiger partial charge < -0.3 is 4.74 Å². The number of halogens is 1. The minimum atomic E-state index is 0.380. The standard InChI is InChI=1S/C13H18BrNO/c1-3-10-5-6-11(8-10)16-12-7-4-9(2)15-13(12)14/h4,7,10-11H,3,5-6,8H2,1-2H3/t10-,11-/m1/s1. The molecule has 3 heteroatoms. The molecule has 0 amide bonds. The van der Waals surface area contributed by atoms with Crippen molar-refractivity contribution in [2.75, 3.05) is 0 Å². The Morgan fingerprint density at radius 1 is 1.44 bits per heavy atom. The molecule has 88 valence electrons. The first kappa shape index (κ1) is 11.9. The SMILES string of the molecule is CC[C@@H]1CC[C@@H](Oc2ccc(C)nc2Br)C1. The average Bonchev–Trinajstić information content (AvgIpc) is 2.70. The van der Waals surface area contributed by atoms with Gasteiger partial charge in [-0.3, -0.25) is 0 Å². The molecule has 1 aliphatic carbocycles. The lowest BCUT2D eigenvalue weighted by atomic mass is 10.1. The molecule has 1 aromatic rings. The summed E-state index contributed by atoms with van der Waals surface area (Å²) in [6, 6.07) is 4.00. The van der Waals surface area contributed by atoms with Crippen LogP contribution in [0.4, 0.5) is 0 Å². The van der Waals surface area contributed by atoms with E-state index in [1.807, 2.05) is 19.1 Å². The van der Waals surface area contributed by atoms with Gasteiger partial charge in [-0.15, -0.1) is 0 Å². The molecular weight excluding hydrogens is 266 g/mol. The topological polar surface area (TPSA) is 22.1 Å². The number of aryl methyl sites for hydroxylation is 1. The fourth-order valence-electron chi connectivity index (χ4n) is 2.29. The van der Waals surface area contributed by atoms with Crippen molar-refractivity contribution in [3.05, 3.63) is 22.4 Å². The van der Waals surface area contributed by atoms with Crippen LogP contribution in [0, 0.1) is 12.8 Å². The summed E-state index contributed by atoms with van der Waals surface area (Å²) in [7, 11) is 0. The van der Waals surface area contributed by atoms with Crippen LogP contribution in [0.5, 0.6) is 5.75 Å². The molecule has 2 rings (SSSR count). The summed E-state index contributed by atoms with van der Waals surface area (Å²) in [6.45, 7) is 4.24. The molecule has 2 nitrogen and oxygen atoms in total. The van der Waals surface area contributed by atoms with E-state index in [2.05, 4.69) is 27.8 Å². The number of hydrogen-bond donors (Lipinski definition) is 0. The molecule has 0 saturated heterocycles. The third kappa shape index (κ3) is 2.76. The molecule has 0 bridgehead atoms. The minimum Gasteiger partial charge on any atom is -0.488 e. The summed E-state index contributed by atoms with van der Waals surface area (Å²) in [5.74, 6) is 1.73. The van der Waals surface area contributed by atoms with Gasteiger partial charge in [0.2, 0.25) is 0 Å². The number of ether oxygens (including phenoxy) is 1. The van der Waals surface area contributed by atoms with Crippen LogP contribution in [-0.4, -0.2) is 11.1 Å². The Bertz CT molecular complexity index is 367. The largest absolute Gasteiger partial charge is 0.488 e. The number of rotatable bonds is 3. The van der Waals surface area contributed by atoms with Gasteiger partial charge in [0.05, 0.1) is 6.10 Å². The summed E-state index contributed by atoms with van der Waals surface area (Å²) in [6.07, 6.45) is 5.33. The zero-order valence-corrected chi connectivity index (χ0v) is 11.5. The first-order valence-corrected chi connectivity index (χ1v) is 6.78. The summed E-state index contributed by atoms with van der Waals surface area (Å²) in [5.41, 5.74) is 1.01. The second kappa shape index (κ2) is 5.17. The van der Waals surface area contributed by atoms with Gasteiger partial charge in [-0.25, -0.2) is 4.98 Å². The van der Waals surface area contributed by atoms with Crippen LogP contribution in [0.3, 0.4) is 0 Å². The van der Waals surface area contributed by atoms with E-state index in [0.717, 1.165) is 22.0 Å². The molecule has 1 heterocycles. The van der Waals surface area contributed by atoms with Crippen molar-refractivity contribution < 1.29 is 4.74 Å². The highest BCUT2D eigenvalue weighted by Gasteiger charge is 2.25. The van der Waals surface area contributed by atoms with E-state index in [1.54, 1.807) is 0 Å². The summed E-state index contributed by atoms with van der Waals surface area (Å²) < 4.78 is 6.81. The third-order valence-corrected chi connectivity index (χ3v) is 3.89. The maximum absolute atomic E-state index is 5.98. The van der Waals surface area contributed by atoms with E-state index in [0.29, 0.717) is 6.10 Å². The Kier molecular flexibility index (Phi) is 3.85. The molecule has 1 fully saturated rings. The Morgan fingerprint density at radius 3 is 2.88 bits per heavy atom. The second-order valence-corrected chi connectivity index (χ2v) is 5.32. The van der Waals surface area contributed by atoms with Gasteiger partial charge in [-0.05, 0) is 60.2 Å². The van der Waals surface area contributed by atoms with Crippen LogP contribution >= 0.6 is 15.9 Å². The third-order valence-electron chi connectivity index (χ3n) is 3.32. The zero-order valence-electron chi connectivity index (χ0n) is 9.87. The molecule has 0 N–H and O–H groups in total. The predicted octanol–water partition coefficient (Wildman–Crippen LogP) is 4.11. The quantitative estimate of drug-likeness (QED) is 0.779. The Hall–Kier alpha value is -0.570. The monoisotopic (exact) mass is 283 g/mol. The highest BCUT2D eigenvalue weighted by atomic mass is 79.9. The Labute approximate surface area is 106 Å². The molecule has 0 unspecified atom stereocenters. The molecule has 0 aromatic carbocycles. The summed E-state index contributed by atoms with van der Waals surface area (Å²) in [5, 5.41) is 0. The van der Waals surface area contributed by atoms with E-state index in [9.17, 15) is 0 Å². The molecule has 0 radical (unpaired) electrons. The van der Waals surface area contributed by atoms with Crippen LogP contribution in [-0.2, 0) is 0 Å². The van der Waals surface area contributed by atoms with Gasteiger partial charge in [0.25, 0.3) is 0 Å². The lowest BCUT2D eigenvalue weighted by molar-refractivity contribution is 0.201. The fourth-order valence-corrected chi connectivity index (χ4v) is 2.79. The normalized spacial score (nSPS) is 24.7. The smallest absolute Gasteiger partial charge is 0.152 e. The van der Waals surface area contributed by atoms with Crippen LogP contribution < -0.4 is 4.74 Å². The highest BCUT2D eigenvalue weighted by Crippen LogP contribution is 2.33. The molecule has 1 aliphatic rings. The van der Waals surface area contributed by atoms with Crippen LogP contribution in [0.2, 0.25) is 0 Å². The van der Waals surface area contributed by atoms with Gasteiger partial charge in [0.1, 0.15) is 4.60 Å². The predicted molar refractivity (Wildman–Crippen MR) is 68.7 cm³/mol. The first-order chi connectivity index (χ1) is 7.69. The van der Waals surface area contributed by atoms with E-state index >= 15 is 0 Å². The van der Waals surface area contributed by atoms with Crippen molar-refractivity contribution in [3.8, 4) is 5.75 Å². The van der Waals surface area contributed by atoms with Gasteiger partial charge in [0, 0.05) is 5.69 Å². The van der Waals surface area contributed by atoms with Gasteiger partial charge in [0.15, 0.2) is 5.75 Å². The van der Waals surface area contributed by atoms with Crippen molar-refractivity contribution in [3.63, 3.8) is 0 Å². The first-order valence-electron chi connectivity index (χ1n) is 5.99. The molecule has 1 aromatic heterocycles. The van der Waals surface area contributed by atoms with Crippen molar-refractivity contribution in [2.24, 2.45) is 5.92 Å². The average molecular weight is 284 g/mol. The van der Waals surface area contributed by atoms with Crippen LogP contribution in [0.25, 0.3) is 0 Å². The van der Waals surface area contributed by atoms with E-state index in [-0.39, 0.29) is 0 Å². The van der Waals surface area contributed by atoms with Crippen molar-refractivity contribution in [1.29, 1.82) is 0 Å².